The van der Waals surface area contributed by atoms with Crippen molar-refractivity contribution in [3.8, 4) is 5.75 Å². The van der Waals surface area contributed by atoms with Crippen molar-refractivity contribution >= 4 is 27.1 Å². The van der Waals surface area contributed by atoms with Crippen LogP contribution in [0.15, 0.2) is 47.4 Å². The van der Waals surface area contributed by atoms with E-state index in [1.54, 1.807) is 24.6 Å². The molecule has 5 rings (SSSR count). The van der Waals surface area contributed by atoms with Crippen LogP contribution in [-0.4, -0.2) is 52.5 Å². The second-order valence-corrected chi connectivity index (χ2v) is 8.28. The van der Waals surface area contributed by atoms with Crippen LogP contribution in [0.1, 0.15) is 10.4 Å². The van der Waals surface area contributed by atoms with Crippen molar-refractivity contribution in [2.75, 3.05) is 33.4 Å². The molecule has 0 bridgehead atoms. The average molecular weight is 410 g/mol. The van der Waals surface area contributed by atoms with Gasteiger partial charge in [0.05, 0.1) is 38.6 Å². The quantitative estimate of drug-likeness (QED) is 0.506. The molecular weight excluding hydrogens is 388 g/mol. The molecule has 0 unspecified atom stereocenters. The number of nitrogens with zero attached hydrogens (tertiary/aromatic N) is 4. The van der Waals surface area contributed by atoms with Gasteiger partial charge >= 0.3 is 5.69 Å². The normalized spacial score (nSPS) is 15.3. The Kier molecular flexibility index (Phi) is 4.83. The van der Waals surface area contributed by atoms with E-state index >= 15 is 0 Å². The van der Waals surface area contributed by atoms with E-state index in [2.05, 4.69) is 16.1 Å². The molecular formula is C21H22N4O3S. The molecule has 1 aromatic carbocycles. The molecule has 1 saturated heterocycles. The van der Waals surface area contributed by atoms with E-state index in [1.165, 1.54) is 9.39 Å². The Balaban J connectivity index is 1.58. The zero-order chi connectivity index (χ0) is 19.8. The van der Waals surface area contributed by atoms with Gasteiger partial charge in [-0.15, -0.1) is 11.3 Å². The second-order valence-electron chi connectivity index (χ2n) is 7.17. The van der Waals surface area contributed by atoms with E-state index in [4.69, 9.17) is 9.47 Å². The number of thiophene rings is 1. The largest absolute Gasteiger partial charge is 0.497 e. The summed E-state index contributed by atoms with van der Waals surface area (Å²) in [6, 6.07) is 11.9. The van der Waals surface area contributed by atoms with Gasteiger partial charge in [0.25, 0.3) is 0 Å². The molecule has 0 amide bonds. The summed E-state index contributed by atoms with van der Waals surface area (Å²) >= 11 is 1.69. The third kappa shape index (κ3) is 3.43. The first kappa shape index (κ1) is 18.4. The highest BCUT2D eigenvalue weighted by Gasteiger charge is 2.17. The summed E-state index contributed by atoms with van der Waals surface area (Å²) in [5.74, 6) is 0.803. The molecule has 0 N–H and O–H groups in total. The molecule has 0 spiro atoms. The summed E-state index contributed by atoms with van der Waals surface area (Å²) in [5.41, 5.74) is 1.79. The lowest BCUT2D eigenvalue weighted by Crippen LogP contribution is -2.35. The predicted molar refractivity (Wildman–Crippen MR) is 113 cm³/mol. The number of methoxy groups -OCH3 is 1. The highest BCUT2D eigenvalue weighted by molar-refractivity contribution is 7.18. The molecule has 0 radical (unpaired) electrons. The number of hydrogen-bond acceptors (Lipinski definition) is 6. The zero-order valence-electron chi connectivity index (χ0n) is 16.2. The predicted octanol–water partition coefficient (Wildman–Crippen LogP) is 2.60. The minimum absolute atomic E-state index is 0.118. The van der Waals surface area contributed by atoms with Crippen molar-refractivity contribution in [3.63, 3.8) is 0 Å². The molecule has 1 aliphatic heterocycles. The third-order valence-corrected chi connectivity index (χ3v) is 6.47. The van der Waals surface area contributed by atoms with Gasteiger partial charge < -0.3 is 9.47 Å². The Hall–Kier alpha value is -2.68. The van der Waals surface area contributed by atoms with Crippen LogP contribution in [0.4, 0.5) is 0 Å². The van der Waals surface area contributed by atoms with E-state index in [0.717, 1.165) is 59.9 Å². The molecule has 0 atom stereocenters. The highest BCUT2D eigenvalue weighted by atomic mass is 32.1. The summed E-state index contributed by atoms with van der Waals surface area (Å²) in [4.78, 5) is 17.8. The molecule has 4 heterocycles. The van der Waals surface area contributed by atoms with Crippen LogP contribution in [0.2, 0.25) is 0 Å². The van der Waals surface area contributed by atoms with Crippen molar-refractivity contribution < 1.29 is 9.47 Å². The minimum atomic E-state index is -0.118. The maximum absolute atomic E-state index is 13.1. The van der Waals surface area contributed by atoms with Crippen LogP contribution in [0.3, 0.4) is 0 Å². The van der Waals surface area contributed by atoms with Gasteiger partial charge in [-0.3, -0.25) is 9.47 Å². The van der Waals surface area contributed by atoms with E-state index in [-0.39, 0.29) is 5.69 Å². The number of aromatic nitrogens is 3. The van der Waals surface area contributed by atoms with Gasteiger partial charge in [0.1, 0.15) is 10.6 Å². The lowest BCUT2D eigenvalue weighted by molar-refractivity contribution is 0.0346. The molecule has 0 saturated carbocycles. The Morgan fingerprint density at radius 2 is 1.93 bits per heavy atom. The van der Waals surface area contributed by atoms with Crippen LogP contribution in [0.25, 0.3) is 15.7 Å². The maximum atomic E-state index is 13.1. The van der Waals surface area contributed by atoms with E-state index < -0.39 is 0 Å². The number of hydrogen-bond donors (Lipinski definition) is 0. The van der Waals surface area contributed by atoms with Gasteiger partial charge in [0.2, 0.25) is 0 Å². The van der Waals surface area contributed by atoms with Crippen molar-refractivity contribution in [2.45, 2.75) is 13.1 Å². The van der Waals surface area contributed by atoms with E-state index in [9.17, 15) is 4.79 Å². The standard InChI is InChI=1S/C21H22N4O3S/c1-27-16-4-2-15(3-5-16)13-24-20-18(19-6-7-22-25(19)21(24)26)12-17(29-20)14-23-8-10-28-11-9-23/h2-7,12H,8-11,13-14H2,1H3. The molecule has 29 heavy (non-hydrogen) atoms. The van der Waals surface area contributed by atoms with Crippen molar-refractivity contribution in [2.24, 2.45) is 0 Å². The summed E-state index contributed by atoms with van der Waals surface area (Å²) in [7, 11) is 1.65. The van der Waals surface area contributed by atoms with Crippen LogP contribution < -0.4 is 10.4 Å². The van der Waals surface area contributed by atoms with Gasteiger partial charge in [0.15, 0.2) is 0 Å². The lowest BCUT2D eigenvalue weighted by Gasteiger charge is -2.25. The number of benzene rings is 1. The molecule has 3 aromatic heterocycles. The van der Waals surface area contributed by atoms with Gasteiger partial charge in [-0.05, 0) is 29.8 Å². The van der Waals surface area contributed by atoms with E-state index in [0.29, 0.717) is 6.54 Å². The summed E-state index contributed by atoms with van der Waals surface area (Å²) < 4.78 is 14.0. The molecule has 4 aromatic rings. The van der Waals surface area contributed by atoms with Gasteiger partial charge in [-0.25, -0.2) is 4.79 Å². The maximum Gasteiger partial charge on any atom is 0.350 e. The smallest absolute Gasteiger partial charge is 0.350 e. The SMILES string of the molecule is COc1ccc(Cn2c(=O)n3nccc3c3cc(CN4CCOCC4)sc32)cc1. The molecule has 1 fully saturated rings. The van der Waals surface area contributed by atoms with E-state index in [1.807, 2.05) is 34.9 Å². The van der Waals surface area contributed by atoms with Gasteiger partial charge in [0, 0.05) is 29.9 Å². The Morgan fingerprint density at radius 1 is 1.14 bits per heavy atom. The topological polar surface area (TPSA) is 61.0 Å². The second kappa shape index (κ2) is 7.62. The Morgan fingerprint density at radius 3 is 2.69 bits per heavy atom. The number of fused-ring (bicyclic) bond motifs is 3. The molecule has 150 valence electrons. The summed E-state index contributed by atoms with van der Waals surface area (Å²) in [5, 5.41) is 5.34. The van der Waals surface area contributed by atoms with Gasteiger partial charge in [-0.1, -0.05) is 12.1 Å². The average Bonchev–Trinajstić information content (AvgIpc) is 3.39. The summed E-state index contributed by atoms with van der Waals surface area (Å²) in [6.45, 7) is 4.80. The zero-order valence-corrected chi connectivity index (χ0v) is 17.0. The fourth-order valence-electron chi connectivity index (χ4n) is 3.79. The van der Waals surface area contributed by atoms with Crippen LogP contribution in [-0.2, 0) is 17.8 Å². The Bertz CT molecular complexity index is 1200. The van der Waals surface area contributed by atoms with Crippen molar-refractivity contribution in [1.29, 1.82) is 0 Å². The molecule has 0 aliphatic carbocycles. The molecule has 1 aliphatic rings. The highest BCUT2D eigenvalue weighted by Crippen LogP contribution is 2.29. The van der Waals surface area contributed by atoms with Crippen LogP contribution in [0, 0.1) is 0 Å². The number of rotatable bonds is 5. The first-order valence-electron chi connectivity index (χ1n) is 9.65. The first-order valence-corrected chi connectivity index (χ1v) is 10.5. The monoisotopic (exact) mass is 410 g/mol. The third-order valence-electron chi connectivity index (χ3n) is 5.32. The fraction of sp³-hybridized carbons (Fsp3) is 0.333. The van der Waals surface area contributed by atoms with Gasteiger partial charge in [-0.2, -0.15) is 9.61 Å². The minimum Gasteiger partial charge on any atom is -0.497 e. The van der Waals surface area contributed by atoms with Crippen molar-refractivity contribution in [3.05, 3.63) is 63.5 Å². The lowest BCUT2D eigenvalue weighted by atomic mass is 10.2. The van der Waals surface area contributed by atoms with Crippen LogP contribution >= 0.6 is 11.3 Å². The number of ether oxygens (including phenoxy) is 2. The molecule has 7 nitrogen and oxygen atoms in total. The first-order chi connectivity index (χ1) is 14.2. The fourth-order valence-corrected chi connectivity index (χ4v) is 4.99. The molecule has 8 heteroatoms. The summed E-state index contributed by atoms with van der Waals surface area (Å²) in [6.07, 6.45) is 1.69. The van der Waals surface area contributed by atoms with Crippen LogP contribution in [0.5, 0.6) is 5.75 Å². The number of morpholine rings is 1. The Labute approximate surface area is 171 Å². The van der Waals surface area contributed by atoms with Crippen molar-refractivity contribution in [1.82, 2.24) is 19.1 Å².